The number of sulfone groups is 1. The molecule has 1 N–H and O–H groups in total. The molecule has 0 saturated carbocycles. The van der Waals surface area contributed by atoms with Crippen LogP contribution in [0.2, 0.25) is 0 Å². The zero-order chi connectivity index (χ0) is 20.1. The molecule has 0 aromatic heterocycles. The predicted molar refractivity (Wildman–Crippen MR) is 107 cm³/mol. The Labute approximate surface area is 163 Å². The highest BCUT2D eigenvalue weighted by Crippen LogP contribution is 2.20. The Kier molecular flexibility index (Phi) is 5.75. The van der Waals surface area contributed by atoms with Gasteiger partial charge in [0.05, 0.1) is 17.0 Å². The largest absolute Gasteiger partial charge is 0.455 e. The molecule has 0 aliphatic heterocycles. The molecule has 0 heterocycles. The second kappa shape index (κ2) is 8.22. The van der Waals surface area contributed by atoms with E-state index < -0.39 is 28.3 Å². The molecule has 3 rings (SSSR count). The quantitative estimate of drug-likeness (QED) is 0.646. The van der Waals surface area contributed by atoms with Crippen LogP contribution in [0.4, 0.5) is 5.69 Å². The van der Waals surface area contributed by atoms with Gasteiger partial charge in [-0.2, -0.15) is 0 Å². The Morgan fingerprint density at radius 1 is 0.929 bits per heavy atom. The second-order valence-corrected chi connectivity index (χ2v) is 8.32. The molecule has 3 aromatic rings. The molecular weight excluding hydrogens is 378 g/mol. The minimum Gasteiger partial charge on any atom is -0.455 e. The third-order valence-corrected chi connectivity index (χ3v) is 5.24. The molecule has 7 heteroatoms. The summed E-state index contributed by atoms with van der Waals surface area (Å²) in [5, 5.41) is 4.55. The smallest absolute Gasteiger partial charge is 0.310 e. The van der Waals surface area contributed by atoms with E-state index in [0.717, 1.165) is 22.6 Å². The van der Waals surface area contributed by atoms with E-state index in [4.69, 9.17) is 4.74 Å². The van der Waals surface area contributed by atoms with E-state index in [1.54, 1.807) is 12.1 Å². The Morgan fingerprint density at radius 3 is 2.36 bits per heavy atom. The molecular formula is C21H19NO5S. The number of hydrogen-bond donors (Lipinski definition) is 1. The van der Waals surface area contributed by atoms with Crippen LogP contribution in [0.1, 0.15) is 5.56 Å². The molecule has 144 valence electrons. The van der Waals surface area contributed by atoms with E-state index in [2.05, 4.69) is 5.32 Å². The van der Waals surface area contributed by atoms with Crippen molar-refractivity contribution in [3.8, 4) is 0 Å². The molecule has 1 amide bonds. The fourth-order valence-electron chi connectivity index (χ4n) is 2.79. The molecule has 6 nitrogen and oxygen atoms in total. The first-order chi connectivity index (χ1) is 13.3. The van der Waals surface area contributed by atoms with E-state index in [-0.39, 0.29) is 17.0 Å². The van der Waals surface area contributed by atoms with E-state index >= 15 is 0 Å². The van der Waals surface area contributed by atoms with Crippen molar-refractivity contribution in [1.82, 2.24) is 0 Å². The molecule has 0 radical (unpaired) electrons. The first-order valence-electron chi connectivity index (χ1n) is 8.55. The predicted octanol–water partition coefficient (Wildman–Crippen LogP) is 2.97. The molecule has 0 bridgehead atoms. The normalized spacial score (nSPS) is 11.2. The summed E-state index contributed by atoms with van der Waals surface area (Å²) >= 11 is 0. The van der Waals surface area contributed by atoms with Gasteiger partial charge in [0.15, 0.2) is 16.4 Å². The highest BCUT2D eigenvalue weighted by atomic mass is 32.2. The van der Waals surface area contributed by atoms with Crippen molar-refractivity contribution in [1.29, 1.82) is 0 Å². The maximum Gasteiger partial charge on any atom is 0.310 e. The van der Waals surface area contributed by atoms with Crippen LogP contribution < -0.4 is 5.32 Å². The number of benzene rings is 3. The van der Waals surface area contributed by atoms with Gasteiger partial charge in [-0.05, 0) is 28.5 Å². The maximum atomic E-state index is 12.0. The number of hydrogen-bond acceptors (Lipinski definition) is 5. The Balaban J connectivity index is 1.58. The summed E-state index contributed by atoms with van der Waals surface area (Å²) in [6, 6.07) is 19.5. The van der Waals surface area contributed by atoms with Crippen LogP contribution in [0.3, 0.4) is 0 Å². The molecule has 0 fully saturated rings. The van der Waals surface area contributed by atoms with Gasteiger partial charge in [0.25, 0.3) is 5.91 Å². The lowest BCUT2D eigenvalue weighted by molar-refractivity contribution is -0.146. The molecule has 0 saturated heterocycles. The Hall–Kier alpha value is -3.19. The number of anilines is 1. The minimum atomic E-state index is -3.49. The summed E-state index contributed by atoms with van der Waals surface area (Å²) < 4.78 is 28.5. The number of nitrogens with one attached hydrogen (secondary N) is 1. The van der Waals surface area contributed by atoms with E-state index in [0.29, 0.717) is 0 Å². The molecule has 0 atom stereocenters. The third kappa shape index (κ3) is 4.95. The van der Waals surface area contributed by atoms with Gasteiger partial charge in [0, 0.05) is 6.26 Å². The fraction of sp³-hybridized carbons (Fsp3) is 0.143. The summed E-state index contributed by atoms with van der Waals surface area (Å²) in [5.74, 6) is -1.15. The third-order valence-electron chi connectivity index (χ3n) is 4.09. The molecule has 28 heavy (non-hydrogen) atoms. The molecule has 0 unspecified atom stereocenters. The zero-order valence-corrected chi connectivity index (χ0v) is 16.0. The summed E-state index contributed by atoms with van der Waals surface area (Å²) in [5.41, 5.74) is 0.937. The number of carbonyl (C=O) groups is 2. The lowest BCUT2D eigenvalue weighted by Crippen LogP contribution is -2.22. The second-order valence-electron chi connectivity index (χ2n) is 6.34. The lowest BCUT2D eigenvalue weighted by atomic mass is 10.1. The lowest BCUT2D eigenvalue weighted by Gasteiger charge is -2.10. The van der Waals surface area contributed by atoms with Crippen LogP contribution in [-0.2, 0) is 30.6 Å². The molecule has 0 aliphatic carbocycles. The Morgan fingerprint density at radius 2 is 1.61 bits per heavy atom. The number of para-hydroxylation sites is 1. The highest BCUT2D eigenvalue weighted by Gasteiger charge is 2.15. The van der Waals surface area contributed by atoms with Crippen LogP contribution in [0.5, 0.6) is 0 Å². The van der Waals surface area contributed by atoms with Gasteiger partial charge in [-0.1, -0.05) is 54.6 Å². The summed E-state index contributed by atoms with van der Waals surface area (Å²) in [6.45, 7) is -0.496. The number of ether oxygens (including phenoxy) is 1. The first-order valence-corrected chi connectivity index (χ1v) is 10.4. The van der Waals surface area contributed by atoms with Crippen LogP contribution in [0, 0.1) is 0 Å². The number of amides is 1. The summed E-state index contributed by atoms with van der Waals surface area (Å²) in [6.07, 6.45) is 1.10. The van der Waals surface area contributed by atoms with Crippen LogP contribution >= 0.6 is 0 Å². The van der Waals surface area contributed by atoms with E-state index in [9.17, 15) is 18.0 Å². The molecule has 3 aromatic carbocycles. The maximum absolute atomic E-state index is 12.0. The average molecular weight is 397 g/mol. The average Bonchev–Trinajstić information content (AvgIpc) is 2.66. The van der Waals surface area contributed by atoms with Crippen molar-refractivity contribution >= 4 is 38.2 Å². The van der Waals surface area contributed by atoms with Gasteiger partial charge >= 0.3 is 5.97 Å². The van der Waals surface area contributed by atoms with Gasteiger partial charge in [0.2, 0.25) is 0 Å². The van der Waals surface area contributed by atoms with Gasteiger partial charge in [0.1, 0.15) is 0 Å². The minimum absolute atomic E-state index is 0.00541. The van der Waals surface area contributed by atoms with Gasteiger partial charge in [-0.25, -0.2) is 8.42 Å². The standard InChI is InChI=1S/C21H19NO5S/c1-28(25,26)19-9-5-4-8-18(19)22-20(23)14-27-21(24)13-15-10-11-16-6-2-3-7-17(16)12-15/h2-12H,13-14H2,1H3,(H,22,23). The summed E-state index contributed by atoms with van der Waals surface area (Å²) in [7, 11) is -3.49. The topological polar surface area (TPSA) is 89.5 Å². The van der Waals surface area contributed by atoms with Crippen molar-refractivity contribution < 1.29 is 22.7 Å². The van der Waals surface area contributed by atoms with Crippen LogP contribution in [-0.4, -0.2) is 33.2 Å². The van der Waals surface area contributed by atoms with Crippen molar-refractivity contribution in [2.45, 2.75) is 11.3 Å². The van der Waals surface area contributed by atoms with Crippen LogP contribution in [0.15, 0.2) is 71.6 Å². The number of rotatable bonds is 6. The van der Waals surface area contributed by atoms with Gasteiger partial charge < -0.3 is 10.1 Å². The van der Waals surface area contributed by atoms with Crippen LogP contribution in [0.25, 0.3) is 10.8 Å². The SMILES string of the molecule is CS(=O)(=O)c1ccccc1NC(=O)COC(=O)Cc1ccc2ccccc2c1. The van der Waals surface area contributed by atoms with Gasteiger partial charge in [-0.15, -0.1) is 0 Å². The fourth-order valence-corrected chi connectivity index (χ4v) is 3.64. The molecule has 0 spiro atoms. The number of carbonyl (C=O) groups excluding carboxylic acids is 2. The van der Waals surface area contributed by atoms with Crippen molar-refractivity contribution in [3.05, 3.63) is 72.3 Å². The number of esters is 1. The highest BCUT2D eigenvalue weighted by molar-refractivity contribution is 7.90. The van der Waals surface area contributed by atoms with Gasteiger partial charge in [-0.3, -0.25) is 9.59 Å². The van der Waals surface area contributed by atoms with E-state index in [1.165, 1.54) is 12.1 Å². The monoisotopic (exact) mass is 397 g/mol. The van der Waals surface area contributed by atoms with E-state index in [1.807, 2.05) is 42.5 Å². The molecule has 0 aliphatic rings. The summed E-state index contributed by atoms with van der Waals surface area (Å²) in [4.78, 5) is 24.1. The zero-order valence-electron chi connectivity index (χ0n) is 15.2. The number of fused-ring (bicyclic) bond motifs is 1. The van der Waals surface area contributed by atoms with Crippen molar-refractivity contribution in [2.75, 3.05) is 18.2 Å². The Bertz CT molecular complexity index is 1140. The van der Waals surface area contributed by atoms with Crippen molar-refractivity contribution in [2.24, 2.45) is 0 Å². The first kappa shape index (κ1) is 19.6. The van der Waals surface area contributed by atoms with Crippen molar-refractivity contribution in [3.63, 3.8) is 0 Å².